The van der Waals surface area contributed by atoms with Gasteiger partial charge in [0.1, 0.15) is 0 Å². The van der Waals surface area contributed by atoms with Crippen molar-refractivity contribution >= 4 is 11.9 Å². The molecule has 0 unspecified atom stereocenters. The number of unbranched alkanes of at least 4 members (excludes halogenated alkanes) is 1. The smallest absolute Gasteiger partial charge is 0.323 e. The molecule has 0 aliphatic carbocycles. The molecular formula is C12H23N5O2. The third kappa shape index (κ3) is 6.19. The van der Waals surface area contributed by atoms with Crippen molar-refractivity contribution in [1.82, 2.24) is 15.0 Å². The lowest BCUT2D eigenvalue weighted by Gasteiger charge is -2.09. The van der Waals surface area contributed by atoms with E-state index < -0.39 is 0 Å². The fraction of sp³-hybridized carbons (Fsp3) is 0.750. The van der Waals surface area contributed by atoms with Crippen LogP contribution < -0.4 is 15.4 Å². The maximum absolute atomic E-state index is 8.72. The summed E-state index contributed by atoms with van der Waals surface area (Å²) in [5.41, 5.74) is 0. The summed E-state index contributed by atoms with van der Waals surface area (Å²) in [5, 5.41) is 14.9. The summed E-state index contributed by atoms with van der Waals surface area (Å²) in [6, 6.07) is 0.331. The minimum absolute atomic E-state index is 0.201. The van der Waals surface area contributed by atoms with Crippen molar-refractivity contribution in [1.29, 1.82) is 0 Å². The van der Waals surface area contributed by atoms with E-state index in [2.05, 4.69) is 25.6 Å². The van der Waals surface area contributed by atoms with Gasteiger partial charge in [-0.05, 0) is 26.2 Å². The number of nitrogens with one attached hydrogen (secondary N) is 2. The predicted molar refractivity (Wildman–Crippen MR) is 74.6 cm³/mol. The number of anilines is 2. The highest BCUT2D eigenvalue weighted by molar-refractivity contribution is 5.35. The van der Waals surface area contributed by atoms with Crippen LogP contribution in [-0.2, 0) is 0 Å². The first-order valence-electron chi connectivity index (χ1n) is 6.77. The van der Waals surface area contributed by atoms with Crippen molar-refractivity contribution in [2.24, 2.45) is 0 Å². The Morgan fingerprint density at radius 3 is 2.42 bits per heavy atom. The molecular weight excluding hydrogens is 246 g/mol. The number of hydrogen-bond acceptors (Lipinski definition) is 7. The Balaban J connectivity index is 2.63. The van der Waals surface area contributed by atoms with E-state index in [4.69, 9.17) is 9.84 Å². The van der Waals surface area contributed by atoms with Gasteiger partial charge in [0.15, 0.2) is 0 Å². The highest BCUT2D eigenvalue weighted by Crippen LogP contribution is 2.11. The highest BCUT2D eigenvalue weighted by atomic mass is 16.5. The number of aliphatic hydroxyl groups is 1. The molecule has 7 nitrogen and oxygen atoms in total. The fourth-order valence-electron chi connectivity index (χ4n) is 1.37. The van der Waals surface area contributed by atoms with Gasteiger partial charge in [-0.3, -0.25) is 0 Å². The van der Waals surface area contributed by atoms with Crippen LogP contribution >= 0.6 is 0 Å². The first-order valence-corrected chi connectivity index (χ1v) is 6.77. The zero-order chi connectivity index (χ0) is 13.9. The molecule has 0 amide bonds. The first-order chi connectivity index (χ1) is 9.30. The van der Waals surface area contributed by atoms with E-state index in [0.717, 1.165) is 25.8 Å². The van der Waals surface area contributed by atoms with E-state index in [-0.39, 0.29) is 6.61 Å². The lowest BCUT2D eigenvalue weighted by molar-refractivity contribution is 0.286. The Labute approximate surface area is 113 Å². The number of hydrogen-bond donors (Lipinski definition) is 3. The van der Waals surface area contributed by atoms with Crippen LogP contribution in [0.3, 0.4) is 0 Å². The second-order valence-corrected chi connectivity index (χ2v) is 4.00. The zero-order valence-electron chi connectivity index (χ0n) is 11.6. The van der Waals surface area contributed by atoms with E-state index in [0.29, 0.717) is 31.1 Å². The molecule has 0 saturated heterocycles. The third-order valence-electron chi connectivity index (χ3n) is 2.25. The van der Waals surface area contributed by atoms with Crippen LogP contribution in [-0.4, -0.2) is 46.4 Å². The van der Waals surface area contributed by atoms with Gasteiger partial charge in [0.25, 0.3) is 0 Å². The summed E-state index contributed by atoms with van der Waals surface area (Å²) < 4.78 is 5.43. The quantitative estimate of drug-likeness (QED) is 0.551. The Hall–Kier alpha value is -1.63. The number of rotatable bonds is 10. The molecule has 0 bridgehead atoms. The summed E-state index contributed by atoms with van der Waals surface area (Å²) in [6.45, 7) is 6.24. The monoisotopic (exact) mass is 269 g/mol. The van der Waals surface area contributed by atoms with Gasteiger partial charge < -0.3 is 20.5 Å². The van der Waals surface area contributed by atoms with Crippen LogP contribution in [0.4, 0.5) is 11.9 Å². The van der Waals surface area contributed by atoms with Gasteiger partial charge in [-0.15, -0.1) is 0 Å². The molecule has 3 N–H and O–H groups in total. The molecule has 1 aromatic rings. The summed E-state index contributed by atoms with van der Waals surface area (Å²) in [4.78, 5) is 12.6. The van der Waals surface area contributed by atoms with Crippen LogP contribution in [0.5, 0.6) is 6.01 Å². The molecule has 108 valence electrons. The molecule has 1 rings (SSSR count). The molecule has 0 saturated carbocycles. The number of aliphatic hydroxyl groups excluding tert-OH is 1. The van der Waals surface area contributed by atoms with Crippen molar-refractivity contribution in [2.45, 2.75) is 33.1 Å². The Morgan fingerprint density at radius 2 is 1.79 bits per heavy atom. The molecule has 0 atom stereocenters. The van der Waals surface area contributed by atoms with Crippen molar-refractivity contribution in [3.05, 3.63) is 0 Å². The fourth-order valence-corrected chi connectivity index (χ4v) is 1.37. The lowest BCUT2D eigenvalue weighted by Crippen LogP contribution is -2.12. The lowest BCUT2D eigenvalue weighted by atomic mass is 10.3. The standard InChI is InChI=1S/C12H23N5O2/c1-3-9-19-12-16-10(13-4-2)15-11(17-12)14-7-5-6-8-18/h18H,3-9H2,1-2H3,(H2,13,14,15,16,17). The van der Waals surface area contributed by atoms with Gasteiger partial charge in [-0.25, -0.2) is 0 Å². The first kappa shape index (κ1) is 15.4. The molecule has 0 fully saturated rings. The molecule has 7 heteroatoms. The normalized spacial score (nSPS) is 10.3. The maximum atomic E-state index is 8.72. The molecule has 0 aliphatic rings. The zero-order valence-corrected chi connectivity index (χ0v) is 11.6. The molecule has 19 heavy (non-hydrogen) atoms. The van der Waals surface area contributed by atoms with Crippen molar-refractivity contribution in [2.75, 3.05) is 36.9 Å². The van der Waals surface area contributed by atoms with E-state index in [1.54, 1.807) is 0 Å². The van der Waals surface area contributed by atoms with Gasteiger partial charge in [0, 0.05) is 19.7 Å². The van der Waals surface area contributed by atoms with Gasteiger partial charge in [-0.1, -0.05) is 6.92 Å². The molecule has 0 aromatic carbocycles. The van der Waals surface area contributed by atoms with Crippen molar-refractivity contribution in [3.63, 3.8) is 0 Å². The van der Waals surface area contributed by atoms with E-state index in [9.17, 15) is 0 Å². The predicted octanol–water partition coefficient (Wildman–Crippen LogP) is 1.28. The van der Waals surface area contributed by atoms with Crippen LogP contribution in [0, 0.1) is 0 Å². The molecule has 1 aromatic heterocycles. The molecule has 0 radical (unpaired) electrons. The van der Waals surface area contributed by atoms with Gasteiger partial charge in [-0.2, -0.15) is 15.0 Å². The van der Waals surface area contributed by atoms with Gasteiger partial charge in [0.05, 0.1) is 6.61 Å². The number of ether oxygens (including phenoxy) is 1. The Bertz CT molecular complexity index is 362. The van der Waals surface area contributed by atoms with Crippen LogP contribution in [0.25, 0.3) is 0 Å². The number of aromatic nitrogens is 3. The van der Waals surface area contributed by atoms with E-state index >= 15 is 0 Å². The second-order valence-electron chi connectivity index (χ2n) is 4.00. The van der Waals surface area contributed by atoms with E-state index in [1.165, 1.54) is 0 Å². The average molecular weight is 269 g/mol. The second kappa shape index (κ2) is 9.32. The summed E-state index contributed by atoms with van der Waals surface area (Å²) >= 11 is 0. The maximum Gasteiger partial charge on any atom is 0.323 e. The topological polar surface area (TPSA) is 92.2 Å². The van der Waals surface area contributed by atoms with Gasteiger partial charge in [0.2, 0.25) is 11.9 Å². The molecule has 0 spiro atoms. The van der Waals surface area contributed by atoms with Crippen molar-refractivity contribution < 1.29 is 9.84 Å². The summed E-state index contributed by atoms with van der Waals surface area (Å²) in [6.07, 6.45) is 2.53. The Morgan fingerprint density at radius 1 is 1.05 bits per heavy atom. The van der Waals surface area contributed by atoms with Crippen LogP contribution in [0.2, 0.25) is 0 Å². The minimum atomic E-state index is 0.201. The van der Waals surface area contributed by atoms with E-state index in [1.807, 2.05) is 13.8 Å². The van der Waals surface area contributed by atoms with Crippen LogP contribution in [0.1, 0.15) is 33.1 Å². The summed E-state index contributed by atoms with van der Waals surface area (Å²) in [5.74, 6) is 1.00. The Kier molecular flexibility index (Phi) is 7.57. The minimum Gasteiger partial charge on any atom is -0.463 e. The van der Waals surface area contributed by atoms with Crippen molar-refractivity contribution in [3.8, 4) is 6.01 Å². The third-order valence-corrected chi connectivity index (χ3v) is 2.25. The largest absolute Gasteiger partial charge is 0.463 e. The number of nitrogens with zero attached hydrogens (tertiary/aromatic N) is 3. The average Bonchev–Trinajstić information content (AvgIpc) is 2.42. The highest BCUT2D eigenvalue weighted by Gasteiger charge is 2.06. The molecule has 1 heterocycles. The van der Waals surface area contributed by atoms with Gasteiger partial charge >= 0.3 is 6.01 Å². The SMILES string of the molecule is CCCOc1nc(NCC)nc(NCCCCO)n1. The molecule has 0 aliphatic heterocycles. The van der Waals surface area contributed by atoms with Crippen LogP contribution in [0.15, 0.2) is 0 Å². The summed E-state index contributed by atoms with van der Waals surface area (Å²) in [7, 11) is 0.